The third-order valence-electron chi connectivity index (χ3n) is 5.51. The van der Waals surface area contributed by atoms with Crippen LogP contribution in [-0.2, 0) is 6.54 Å². The quantitative estimate of drug-likeness (QED) is 0.241. The van der Waals surface area contributed by atoms with E-state index < -0.39 is 11.7 Å². The third kappa shape index (κ3) is 5.57. The molecular formula is C27H19F2IN4OS. The van der Waals surface area contributed by atoms with E-state index in [2.05, 4.69) is 32.9 Å². The monoisotopic (exact) mass is 612 g/mol. The molecule has 0 aliphatic carbocycles. The highest BCUT2D eigenvalue weighted by Crippen LogP contribution is 2.29. The number of anilines is 2. The van der Waals surface area contributed by atoms with Crippen molar-refractivity contribution in [1.29, 1.82) is 0 Å². The van der Waals surface area contributed by atoms with E-state index in [1.54, 1.807) is 42.5 Å². The molecule has 0 radical (unpaired) electrons. The molecule has 0 spiro atoms. The first kappa shape index (κ1) is 24.4. The van der Waals surface area contributed by atoms with Crippen LogP contribution in [0.25, 0.3) is 0 Å². The number of benzene rings is 3. The minimum atomic E-state index is -2.48. The Labute approximate surface area is 224 Å². The van der Waals surface area contributed by atoms with Crippen LogP contribution in [0.3, 0.4) is 0 Å². The van der Waals surface area contributed by atoms with Gasteiger partial charge in [0.15, 0.2) is 5.84 Å². The van der Waals surface area contributed by atoms with E-state index in [0.717, 1.165) is 14.7 Å². The molecule has 0 unspecified atom stereocenters. The van der Waals surface area contributed by atoms with E-state index in [4.69, 9.17) is 4.99 Å². The molecule has 180 valence electrons. The zero-order valence-corrected chi connectivity index (χ0v) is 21.7. The van der Waals surface area contributed by atoms with Gasteiger partial charge in [-0.25, -0.2) is 4.99 Å². The molecule has 3 aromatic rings. The van der Waals surface area contributed by atoms with E-state index in [0.29, 0.717) is 51.8 Å². The maximum atomic E-state index is 13.4. The van der Waals surface area contributed by atoms with Crippen LogP contribution in [0, 0.1) is 0 Å². The second-order valence-corrected chi connectivity index (χ2v) is 10.2. The van der Waals surface area contributed by atoms with Gasteiger partial charge in [-0.1, -0.05) is 48.2 Å². The summed E-state index contributed by atoms with van der Waals surface area (Å²) in [4.78, 5) is 25.1. The molecule has 0 bridgehead atoms. The van der Waals surface area contributed by atoms with Gasteiger partial charge in [0.2, 0.25) is 0 Å². The van der Waals surface area contributed by atoms with Crippen molar-refractivity contribution >= 4 is 63.3 Å². The summed E-state index contributed by atoms with van der Waals surface area (Å²) in [6, 6.07) is 21.5. The van der Waals surface area contributed by atoms with Crippen LogP contribution in [0.1, 0.15) is 21.5 Å². The number of alkyl halides is 2. The van der Waals surface area contributed by atoms with Gasteiger partial charge < -0.3 is 10.2 Å². The fourth-order valence-corrected chi connectivity index (χ4v) is 4.88. The minimum absolute atomic E-state index is 0.353. The van der Waals surface area contributed by atoms with Crippen LogP contribution in [0.15, 0.2) is 110 Å². The lowest BCUT2D eigenvalue weighted by Gasteiger charge is -2.21. The highest BCUT2D eigenvalue weighted by atomic mass is 127. The first-order chi connectivity index (χ1) is 17.5. The molecule has 0 saturated heterocycles. The third-order valence-corrected chi connectivity index (χ3v) is 6.87. The van der Waals surface area contributed by atoms with Gasteiger partial charge in [-0.15, -0.1) is 0 Å². The number of thioether (sulfide) groups is 1. The molecule has 9 heteroatoms. The molecule has 2 aliphatic heterocycles. The maximum Gasteiger partial charge on any atom is 0.288 e. The first-order valence-electron chi connectivity index (χ1n) is 11.0. The number of halogens is 3. The molecule has 5 rings (SSSR count). The van der Waals surface area contributed by atoms with E-state index in [-0.39, 0.29) is 0 Å². The van der Waals surface area contributed by atoms with Gasteiger partial charge in [-0.2, -0.15) is 13.8 Å². The highest BCUT2D eigenvalue weighted by molar-refractivity contribution is 14.1. The molecule has 5 nitrogen and oxygen atoms in total. The fraction of sp³-hybridized carbons (Fsp3) is 0.0741. The van der Waals surface area contributed by atoms with Gasteiger partial charge in [0.1, 0.15) is 5.84 Å². The number of carbonyl (C=O) groups excluding carboxylic acids is 1. The Bertz CT molecular complexity index is 1430. The molecule has 0 saturated carbocycles. The summed E-state index contributed by atoms with van der Waals surface area (Å²) in [6.07, 6.45) is 5.90. The molecule has 2 heterocycles. The van der Waals surface area contributed by atoms with Crippen molar-refractivity contribution in [3.63, 3.8) is 0 Å². The second-order valence-electron chi connectivity index (χ2n) is 7.92. The van der Waals surface area contributed by atoms with Crippen molar-refractivity contribution in [2.45, 2.75) is 17.2 Å². The van der Waals surface area contributed by atoms with Gasteiger partial charge in [-0.05, 0) is 76.7 Å². The number of para-hydroxylation sites is 1. The van der Waals surface area contributed by atoms with E-state index in [1.165, 1.54) is 0 Å². The van der Waals surface area contributed by atoms with Gasteiger partial charge in [0.25, 0.3) is 11.7 Å². The number of allylic oxidation sites excluding steroid dienone is 2. The zero-order chi connectivity index (χ0) is 25.1. The number of fused-ring (bicyclic) bond motifs is 2. The topological polar surface area (TPSA) is 57.1 Å². The Morgan fingerprint density at radius 2 is 1.78 bits per heavy atom. The molecule has 36 heavy (non-hydrogen) atoms. The van der Waals surface area contributed by atoms with E-state index in [1.807, 2.05) is 53.6 Å². The molecule has 0 atom stereocenters. The van der Waals surface area contributed by atoms with Crippen molar-refractivity contribution in [3.8, 4) is 0 Å². The summed E-state index contributed by atoms with van der Waals surface area (Å²) in [5, 5.41) is 3.20. The number of hydrogen-bond acceptors (Lipinski definition) is 4. The van der Waals surface area contributed by atoms with Gasteiger partial charge in [-0.3, -0.25) is 4.79 Å². The predicted molar refractivity (Wildman–Crippen MR) is 150 cm³/mol. The number of hydrogen-bond donors (Lipinski definition) is 1. The number of nitrogens with zero attached hydrogens (tertiary/aromatic N) is 3. The van der Waals surface area contributed by atoms with Crippen molar-refractivity contribution in [2.24, 2.45) is 9.98 Å². The van der Waals surface area contributed by atoms with Crippen LogP contribution >= 0.6 is 34.4 Å². The number of aliphatic imine (C=N–C) groups is 2. The largest absolute Gasteiger partial charge is 0.355 e. The lowest BCUT2D eigenvalue weighted by Crippen LogP contribution is -2.24. The van der Waals surface area contributed by atoms with Gasteiger partial charge in [0.05, 0.1) is 11.3 Å². The lowest BCUT2D eigenvalue weighted by molar-refractivity contribution is 0.100. The molecule has 0 aromatic heterocycles. The normalized spacial score (nSPS) is 15.7. The van der Waals surface area contributed by atoms with Gasteiger partial charge >= 0.3 is 0 Å². The Kier molecular flexibility index (Phi) is 7.28. The lowest BCUT2D eigenvalue weighted by atomic mass is 10.1. The first-order valence-corrected chi connectivity index (χ1v) is 12.9. The summed E-state index contributed by atoms with van der Waals surface area (Å²) in [6.45, 7) is 0.622. The number of carbonyl (C=O) groups is 1. The van der Waals surface area contributed by atoms with Gasteiger partial charge in [0, 0.05) is 32.5 Å². The summed E-state index contributed by atoms with van der Waals surface area (Å²) < 4.78 is 26.3. The minimum Gasteiger partial charge on any atom is -0.355 e. The maximum absolute atomic E-state index is 13.4. The fourth-order valence-electron chi connectivity index (χ4n) is 3.86. The van der Waals surface area contributed by atoms with Crippen molar-refractivity contribution in [3.05, 3.63) is 111 Å². The summed E-state index contributed by atoms with van der Waals surface area (Å²) >= 11 is 2.75. The second kappa shape index (κ2) is 10.8. The van der Waals surface area contributed by atoms with Crippen LogP contribution in [0.2, 0.25) is 0 Å². The molecule has 0 fully saturated rings. The van der Waals surface area contributed by atoms with Crippen LogP contribution < -0.4 is 5.32 Å². The number of amidine groups is 2. The molecular weight excluding hydrogens is 593 g/mol. The Balaban J connectivity index is 1.47. The molecule has 3 aromatic carbocycles. The Hall–Kier alpha value is -3.31. The Morgan fingerprint density at radius 3 is 2.58 bits per heavy atom. The number of nitrogens with one attached hydrogen (secondary N) is 1. The Morgan fingerprint density at radius 1 is 1.03 bits per heavy atom. The predicted octanol–water partition coefficient (Wildman–Crippen LogP) is 7.39. The van der Waals surface area contributed by atoms with Crippen molar-refractivity contribution < 1.29 is 13.6 Å². The molecule has 1 N–H and O–H groups in total. The smallest absolute Gasteiger partial charge is 0.288 e. The average molecular weight is 612 g/mol. The van der Waals surface area contributed by atoms with E-state index in [9.17, 15) is 13.6 Å². The van der Waals surface area contributed by atoms with Crippen molar-refractivity contribution in [1.82, 2.24) is 4.90 Å². The molecule has 2 aliphatic rings. The van der Waals surface area contributed by atoms with Crippen LogP contribution in [0.5, 0.6) is 0 Å². The van der Waals surface area contributed by atoms with Crippen LogP contribution in [-0.4, -0.2) is 28.2 Å². The number of amides is 1. The average Bonchev–Trinajstić information content (AvgIpc) is 3.01. The SMILES string of the molecule is O=C(N=C1N=C2C=CC(I)=CN2Cc2ccccc21)c1ccccc1Nc1ccc(SC(F)F)cc1. The number of rotatable bonds is 5. The zero-order valence-electron chi connectivity index (χ0n) is 18.7. The standard InChI is InChI=1S/C27H19F2IN4OS/c28-27(29)36-20-12-10-19(11-13-20)31-23-8-4-3-7-22(23)26(35)33-25-21-6-2-1-5-17(21)15-34-16-18(30)9-14-24(34)32-25/h1-14,16,27,31H,15H2. The summed E-state index contributed by atoms with van der Waals surface area (Å²) in [7, 11) is 0. The highest BCUT2D eigenvalue weighted by Gasteiger charge is 2.22. The summed E-state index contributed by atoms with van der Waals surface area (Å²) in [5.74, 6) is -1.84. The van der Waals surface area contributed by atoms with E-state index >= 15 is 0 Å². The summed E-state index contributed by atoms with van der Waals surface area (Å²) in [5.41, 5.74) is 3.44. The molecule has 1 amide bonds. The van der Waals surface area contributed by atoms with Crippen LogP contribution in [0.4, 0.5) is 20.2 Å². The van der Waals surface area contributed by atoms with Crippen molar-refractivity contribution in [2.75, 3.05) is 5.32 Å².